The summed E-state index contributed by atoms with van der Waals surface area (Å²) >= 11 is 0. The molecule has 1 saturated carbocycles. The fraction of sp³-hybridized carbons (Fsp3) is 0.867. The topological polar surface area (TPSA) is 63.0 Å². The average Bonchev–Trinajstić information content (AvgIpc) is 2.84. The Hall–Kier alpha value is -1.10. The van der Waals surface area contributed by atoms with Crippen LogP contribution >= 0.6 is 0 Å². The minimum Gasteiger partial charge on any atom is -0.407 e. The number of nitrogens with zero attached hydrogens (tertiary/aromatic N) is 2. The van der Waals surface area contributed by atoms with Crippen LogP contribution in [0.2, 0.25) is 0 Å². The summed E-state index contributed by atoms with van der Waals surface area (Å²) in [6.45, 7) is 8.12. The summed E-state index contributed by atoms with van der Waals surface area (Å²) in [6, 6.07) is 0.973. The minimum atomic E-state index is 0.423. The number of rotatable bonds is 7. The zero-order chi connectivity index (χ0) is 14.4. The van der Waals surface area contributed by atoms with Crippen molar-refractivity contribution in [3.8, 4) is 0 Å². The van der Waals surface area contributed by atoms with Crippen LogP contribution in [0.4, 0.5) is 6.01 Å². The van der Waals surface area contributed by atoms with Gasteiger partial charge in [0.15, 0.2) is 0 Å². The Balaban J connectivity index is 1.66. The standard InChI is InChI=1S/C15H28N4O/c1-11(2)17-10-14-18-19-15(20-14)16-8-7-13-6-4-5-12(3)9-13/h11-13,17H,4-10H2,1-3H3,(H,16,19). The maximum atomic E-state index is 5.55. The van der Waals surface area contributed by atoms with E-state index in [4.69, 9.17) is 4.42 Å². The summed E-state index contributed by atoms with van der Waals surface area (Å²) in [5, 5.41) is 14.6. The van der Waals surface area contributed by atoms with E-state index in [0.29, 0.717) is 24.5 Å². The molecular formula is C15H28N4O. The highest BCUT2D eigenvalue weighted by Gasteiger charge is 2.18. The molecule has 2 N–H and O–H groups in total. The highest BCUT2D eigenvalue weighted by molar-refractivity contribution is 5.16. The van der Waals surface area contributed by atoms with Crippen LogP contribution < -0.4 is 10.6 Å². The van der Waals surface area contributed by atoms with Gasteiger partial charge in [-0.05, 0) is 24.7 Å². The van der Waals surface area contributed by atoms with Gasteiger partial charge in [0.25, 0.3) is 0 Å². The average molecular weight is 280 g/mol. The van der Waals surface area contributed by atoms with Gasteiger partial charge in [-0.25, -0.2) is 0 Å². The van der Waals surface area contributed by atoms with Crippen molar-refractivity contribution in [1.82, 2.24) is 15.5 Å². The molecule has 0 spiro atoms. The predicted molar refractivity (Wildman–Crippen MR) is 80.5 cm³/mol. The summed E-state index contributed by atoms with van der Waals surface area (Å²) in [4.78, 5) is 0. The quantitative estimate of drug-likeness (QED) is 0.803. The van der Waals surface area contributed by atoms with Crippen molar-refractivity contribution in [3.05, 3.63) is 5.89 Å². The number of aromatic nitrogens is 2. The van der Waals surface area contributed by atoms with Crippen LogP contribution in [0.3, 0.4) is 0 Å². The van der Waals surface area contributed by atoms with E-state index in [9.17, 15) is 0 Å². The van der Waals surface area contributed by atoms with Gasteiger partial charge in [0.2, 0.25) is 5.89 Å². The third kappa shape index (κ3) is 5.12. The first-order valence-corrected chi connectivity index (χ1v) is 7.93. The number of hydrogen-bond donors (Lipinski definition) is 2. The van der Waals surface area contributed by atoms with E-state index in [0.717, 1.165) is 18.4 Å². The summed E-state index contributed by atoms with van der Waals surface area (Å²) < 4.78 is 5.55. The third-order valence-electron chi connectivity index (χ3n) is 4.00. The molecule has 1 aliphatic rings. The molecule has 1 aromatic heterocycles. The van der Waals surface area contributed by atoms with Gasteiger partial charge in [0.05, 0.1) is 6.54 Å². The lowest BCUT2D eigenvalue weighted by atomic mass is 9.81. The van der Waals surface area contributed by atoms with E-state index in [-0.39, 0.29) is 0 Å². The van der Waals surface area contributed by atoms with Gasteiger partial charge < -0.3 is 15.1 Å². The Morgan fingerprint density at radius 1 is 1.30 bits per heavy atom. The maximum Gasteiger partial charge on any atom is 0.315 e. The molecule has 5 heteroatoms. The smallest absolute Gasteiger partial charge is 0.315 e. The van der Waals surface area contributed by atoms with Crippen molar-refractivity contribution < 1.29 is 4.42 Å². The number of hydrogen-bond acceptors (Lipinski definition) is 5. The van der Waals surface area contributed by atoms with E-state index in [1.165, 1.54) is 32.1 Å². The van der Waals surface area contributed by atoms with Gasteiger partial charge in [-0.3, -0.25) is 0 Å². The molecule has 2 unspecified atom stereocenters. The monoisotopic (exact) mass is 280 g/mol. The van der Waals surface area contributed by atoms with Gasteiger partial charge in [-0.2, -0.15) is 0 Å². The van der Waals surface area contributed by atoms with Crippen LogP contribution in [0.15, 0.2) is 4.42 Å². The first-order valence-electron chi connectivity index (χ1n) is 7.93. The first-order chi connectivity index (χ1) is 9.63. The van der Waals surface area contributed by atoms with Gasteiger partial charge >= 0.3 is 6.01 Å². The van der Waals surface area contributed by atoms with Crippen LogP contribution in [0, 0.1) is 11.8 Å². The molecule has 0 aromatic carbocycles. The van der Waals surface area contributed by atoms with E-state index in [1.807, 2.05) is 0 Å². The zero-order valence-electron chi connectivity index (χ0n) is 13.0. The number of anilines is 1. The van der Waals surface area contributed by atoms with Gasteiger partial charge in [0.1, 0.15) is 0 Å². The Labute approximate surface area is 121 Å². The molecule has 1 fully saturated rings. The third-order valence-corrected chi connectivity index (χ3v) is 4.00. The second kappa shape index (κ2) is 7.62. The zero-order valence-corrected chi connectivity index (χ0v) is 13.0. The van der Waals surface area contributed by atoms with Crippen molar-refractivity contribution >= 4 is 6.01 Å². The largest absolute Gasteiger partial charge is 0.407 e. The van der Waals surface area contributed by atoms with Crippen LogP contribution in [0.5, 0.6) is 0 Å². The van der Waals surface area contributed by atoms with E-state index in [2.05, 4.69) is 41.6 Å². The van der Waals surface area contributed by atoms with Gasteiger partial charge in [-0.1, -0.05) is 45.1 Å². The summed E-state index contributed by atoms with van der Waals surface area (Å²) in [5.74, 6) is 2.40. The predicted octanol–water partition coefficient (Wildman–Crippen LogP) is 3.20. The van der Waals surface area contributed by atoms with Crippen molar-refractivity contribution in [2.45, 2.75) is 65.5 Å². The first kappa shape index (κ1) is 15.3. The Kier molecular flexibility index (Phi) is 5.83. The molecule has 0 aliphatic heterocycles. The summed E-state index contributed by atoms with van der Waals surface area (Å²) in [7, 11) is 0. The van der Waals surface area contributed by atoms with Gasteiger partial charge in [0, 0.05) is 12.6 Å². The number of nitrogens with one attached hydrogen (secondary N) is 2. The summed E-state index contributed by atoms with van der Waals surface area (Å²) in [6.07, 6.45) is 6.73. The van der Waals surface area contributed by atoms with Crippen LogP contribution in [-0.2, 0) is 6.54 Å². The lowest BCUT2D eigenvalue weighted by molar-refractivity contribution is 0.274. The molecule has 2 rings (SSSR count). The molecule has 2 atom stereocenters. The molecule has 0 amide bonds. The molecule has 1 aromatic rings. The normalized spacial score (nSPS) is 23.2. The van der Waals surface area contributed by atoms with Crippen molar-refractivity contribution in [2.24, 2.45) is 11.8 Å². The highest BCUT2D eigenvalue weighted by Crippen LogP contribution is 2.30. The molecular weight excluding hydrogens is 252 g/mol. The fourth-order valence-electron chi connectivity index (χ4n) is 2.89. The fourth-order valence-corrected chi connectivity index (χ4v) is 2.89. The molecule has 0 saturated heterocycles. The van der Waals surface area contributed by atoms with Crippen molar-refractivity contribution in [3.63, 3.8) is 0 Å². The lowest BCUT2D eigenvalue weighted by Gasteiger charge is -2.26. The minimum absolute atomic E-state index is 0.423. The second-order valence-corrected chi connectivity index (χ2v) is 6.39. The highest BCUT2D eigenvalue weighted by atomic mass is 16.4. The Morgan fingerprint density at radius 3 is 2.90 bits per heavy atom. The Morgan fingerprint density at radius 2 is 2.15 bits per heavy atom. The lowest BCUT2D eigenvalue weighted by Crippen LogP contribution is -2.21. The molecule has 5 nitrogen and oxygen atoms in total. The van der Waals surface area contributed by atoms with Crippen LogP contribution in [0.1, 0.15) is 58.8 Å². The maximum absolute atomic E-state index is 5.55. The van der Waals surface area contributed by atoms with Crippen LogP contribution in [0.25, 0.3) is 0 Å². The van der Waals surface area contributed by atoms with E-state index < -0.39 is 0 Å². The SMILES string of the molecule is CC1CCCC(CCNc2nnc(CNC(C)C)o2)C1. The van der Waals surface area contributed by atoms with Gasteiger partial charge in [-0.15, -0.1) is 5.10 Å². The molecule has 0 bridgehead atoms. The van der Waals surface area contributed by atoms with Crippen LogP contribution in [-0.4, -0.2) is 22.8 Å². The molecule has 1 aliphatic carbocycles. The van der Waals surface area contributed by atoms with Crippen molar-refractivity contribution in [1.29, 1.82) is 0 Å². The molecule has 20 heavy (non-hydrogen) atoms. The Bertz CT molecular complexity index is 391. The summed E-state index contributed by atoms with van der Waals surface area (Å²) in [5.41, 5.74) is 0. The van der Waals surface area contributed by atoms with E-state index >= 15 is 0 Å². The molecule has 1 heterocycles. The second-order valence-electron chi connectivity index (χ2n) is 6.39. The van der Waals surface area contributed by atoms with E-state index in [1.54, 1.807) is 0 Å². The molecule has 114 valence electrons. The molecule has 0 radical (unpaired) electrons. The van der Waals surface area contributed by atoms with Crippen molar-refractivity contribution in [2.75, 3.05) is 11.9 Å².